The Balaban J connectivity index is 1.95. The number of ether oxygens (including phenoxy) is 2. The smallest absolute Gasteiger partial charge is 0.128 e. The monoisotopic (exact) mass is 400 g/mol. The number of hydrogen-bond acceptors (Lipinski definition) is 4. The molecule has 1 unspecified atom stereocenters. The molecule has 2 heterocycles. The molecule has 2 aromatic heterocycles. The zero-order chi connectivity index (χ0) is 19.1. The maximum absolute atomic E-state index is 6.40. The first kappa shape index (κ1) is 20.0. The molecular weight excluding hydrogens is 372 g/mol. The molecule has 27 heavy (non-hydrogen) atoms. The highest BCUT2D eigenvalue weighted by atomic mass is 32.1. The minimum Gasteiger partial charge on any atom is -0.496 e. The molecule has 0 spiro atoms. The zero-order valence-electron chi connectivity index (χ0n) is 16.4. The first-order valence-electron chi connectivity index (χ1n) is 9.69. The number of unbranched alkanes of at least 4 members (excludes halogenated alkanes) is 1. The molecule has 0 amide bonds. The van der Waals surface area contributed by atoms with Crippen LogP contribution in [0, 0.1) is 5.92 Å². The third-order valence-corrected chi connectivity index (χ3v) is 6.70. The quantitative estimate of drug-likeness (QED) is 0.346. The van der Waals surface area contributed by atoms with Crippen LogP contribution in [0.3, 0.4) is 0 Å². The second-order valence-electron chi connectivity index (χ2n) is 6.73. The summed E-state index contributed by atoms with van der Waals surface area (Å²) in [6, 6.07) is 12.7. The molecule has 0 aliphatic heterocycles. The molecule has 1 atom stereocenters. The van der Waals surface area contributed by atoms with Gasteiger partial charge in [-0.05, 0) is 47.4 Å². The Morgan fingerprint density at radius 3 is 2.07 bits per heavy atom. The van der Waals surface area contributed by atoms with Crippen LogP contribution < -0.4 is 9.47 Å². The highest BCUT2D eigenvalue weighted by molar-refractivity contribution is 7.14. The fourth-order valence-electron chi connectivity index (χ4n) is 3.20. The molecule has 144 valence electrons. The van der Waals surface area contributed by atoms with Crippen molar-refractivity contribution in [3.8, 4) is 32.4 Å². The summed E-state index contributed by atoms with van der Waals surface area (Å²) in [7, 11) is 1.74. The van der Waals surface area contributed by atoms with Crippen molar-refractivity contribution in [1.82, 2.24) is 0 Å². The first-order chi connectivity index (χ1) is 13.3. The lowest BCUT2D eigenvalue weighted by Crippen LogP contribution is -2.11. The predicted molar refractivity (Wildman–Crippen MR) is 118 cm³/mol. The zero-order valence-corrected chi connectivity index (χ0v) is 18.0. The molecule has 3 aromatic rings. The molecule has 0 aliphatic rings. The fraction of sp³-hybridized carbons (Fsp3) is 0.391. The second kappa shape index (κ2) is 9.95. The van der Waals surface area contributed by atoms with E-state index in [2.05, 4.69) is 61.0 Å². The van der Waals surface area contributed by atoms with E-state index in [9.17, 15) is 0 Å². The van der Waals surface area contributed by atoms with Crippen molar-refractivity contribution in [3.63, 3.8) is 0 Å². The van der Waals surface area contributed by atoms with Crippen LogP contribution >= 0.6 is 22.7 Å². The average molecular weight is 401 g/mol. The van der Waals surface area contributed by atoms with Gasteiger partial charge in [0.2, 0.25) is 0 Å². The van der Waals surface area contributed by atoms with Gasteiger partial charge < -0.3 is 9.47 Å². The van der Waals surface area contributed by atoms with Crippen molar-refractivity contribution in [1.29, 1.82) is 0 Å². The molecule has 0 saturated heterocycles. The number of benzene rings is 1. The third-order valence-electron chi connectivity index (χ3n) is 4.89. The van der Waals surface area contributed by atoms with E-state index < -0.39 is 0 Å². The molecule has 1 aromatic carbocycles. The van der Waals surface area contributed by atoms with Gasteiger partial charge in [-0.3, -0.25) is 0 Å². The molecule has 0 fully saturated rings. The van der Waals surface area contributed by atoms with E-state index in [1.807, 2.05) is 0 Å². The second-order valence-corrected chi connectivity index (χ2v) is 8.63. The summed E-state index contributed by atoms with van der Waals surface area (Å²) in [5.74, 6) is 2.45. The maximum atomic E-state index is 6.40. The molecule has 0 bridgehead atoms. The summed E-state index contributed by atoms with van der Waals surface area (Å²) in [5, 5.41) is 4.20. The number of methoxy groups -OCH3 is 1. The number of thiophene rings is 2. The Morgan fingerprint density at radius 1 is 0.926 bits per heavy atom. The van der Waals surface area contributed by atoms with Gasteiger partial charge in [-0.2, -0.15) is 0 Å². The van der Waals surface area contributed by atoms with Gasteiger partial charge in [0.05, 0.1) is 13.7 Å². The molecule has 4 heteroatoms. The van der Waals surface area contributed by atoms with E-state index in [0.29, 0.717) is 5.92 Å². The highest BCUT2D eigenvalue weighted by Gasteiger charge is 2.17. The van der Waals surface area contributed by atoms with E-state index in [-0.39, 0.29) is 0 Å². The van der Waals surface area contributed by atoms with E-state index in [1.54, 1.807) is 29.8 Å². The van der Waals surface area contributed by atoms with Crippen LogP contribution in [0.4, 0.5) is 0 Å². The summed E-state index contributed by atoms with van der Waals surface area (Å²) in [6.45, 7) is 5.28. The van der Waals surface area contributed by atoms with Crippen LogP contribution in [0.25, 0.3) is 20.9 Å². The van der Waals surface area contributed by atoms with Crippen LogP contribution in [0.1, 0.15) is 39.5 Å². The van der Waals surface area contributed by atoms with Crippen LogP contribution in [0.2, 0.25) is 0 Å². The van der Waals surface area contributed by atoms with Crippen molar-refractivity contribution >= 4 is 22.7 Å². The van der Waals surface area contributed by atoms with E-state index in [0.717, 1.165) is 35.7 Å². The minimum atomic E-state index is 0.605. The van der Waals surface area contributed by atoms with Gasteiger partial charge in [-0.1, -0.05) is 45.2 Å². The van der Waals surface area contributed by atoms with Gasteiger partial charge in [0, 0.05) is 20.9 Å². The summed E-state index contributed by atoms with van der Waals surface area (Å²) in [6.07, 6.45) is 4.89. The van der Waals surface area contributed by atoms with Crippen LogP contribution in [-0.2, 0) is 0 Å². The molecule has 2 nitrogen and oxygen atoms in total. The van der Waals surface area contributed by atoms with Crippen molar-refractivity contribution in [2.24, 2.45) is 5.92 Å². The molecule has 0 saturated carbocycles. The lowest BCUT2D eigenvalue weighted by molar-refractivity contribution is 0.234. The van der Waals surface area contributed by atoms with Crippen molar-refractivity contribution in [2.75, 3.05) is 13.7 Å². The SMILES string of the molecule is CCCCC(CC)COc1cc(-c2cccs2)c(OC)cc1-c1cccs1. The van der Waals surface area contributed by atoms with Crippen LogP contribution in [-0.4, -0.2) is 13.7 Å². The van der Waals surface area contributed by atoms with E-state index in [1.165, 1.54) is 29.0 Å². The normalized spacial score (nSPS) is 12.1. The Labute approximate surface area is 170 Å². The van der Waals surface area contributed by atoms with Crippen molar-refractivity contribution in [3.05, 3.63) is 47.2 Å². The average Bonchev–Trinajstić information content (AvgIpc) is 3.41. The Bertz CT molecular complexity index is 807. The van der Waals surface area contributed by atoms with E-state index >= 15 is 0 Å². The minimum absolute atomic E-state index is 0.605. The van der Waals surface area contributed by atoms with Gasteiger partial charge in [0.1, 0.15) is 11.5 Å². The standard InChI is InChI=1S/C23H28O2S2/c1-4-6-9-17(5-2)16-25-21-15-18(22-10-7-12-26-22)20(24-3)14-19(21)23-11-8-13-27-23/h7-8,10-15,17H,4-6,9,16H2,1-3H3. The Morgan fingerprint density at radius 2 is 1.56 bits per heavy atom. The van der Waals surface area contributed by atoms with Crippen molar-refractivity contribution in [2.45, 2.75) is 39.5 Å². The number of hydrogen-bond donors (Lipinski definition) is 0. The fourth-order valence-corrected chi connectivity index (χ4v) is 4.70. The van der Waals surface area contributed by atoms with Gasteiger partial charge in [0.15, 0.2) is 0 Å². The van der Waals surface area contributed by atoms with Gasteiger partial charge in [-0.15, -0.1) is 22.7 Å². The maximum Gasteiger partial charge on any atom is 0.128 e. The molecule has 0 radical (unpaired) electrons. The topological polar surface area (TPSA) is 18.5 Å². The summed E-state index contributed by atoms with van der Waals surface area (Å²) in [4.78, 5) is 2.41. The Hall–Kier alpha value is -1.78. The third kappa shape index (κ3) is 4.94. The first-order valence-corrected chi connectivity index (χ1v) is 11.4. The largest absolute Gasteiger partial charge is 0.496 e. The summed E-state index contributed by atoms with van der Waals surface area (Å²) >= 11 is 3.46. The summed E-state index contributed by atoms with van der Waals surface area (Å²) in [5.41, 5.74) is 2.22. The predicted octanol–water partition coefficient (Wildman–Crippen LogP) is 7.75. The lowest BCUT2D eigenvalue weighted by atomic mass is 10.0. The molecule has 0 N–H and O–H groups in total. The van der Waals surface area contributed by atoms with E-state index in [4.69, 9.17) is 9.47 Å². The van der Waals surface area contributed by atoms with Crippen LogP contribution in [0.15, 0.2) is 47.2 Å². The summed E-state index contributed by atoms with van der Waals surface area (Å²) < 4.78 is 12.1. The molecule has 3 rings (SSSR count). The molecular formula is C23H28O2S2. The van der Waals surface area contributed by atoms with Crippen molar-refractivity contribution < 1.29 is 9.47 Å². The lowest BCUT2D eigenvalue weighted by Gasteiger charge is -2.19. The van der Waals surface area contributed by atoms with Crippen LogP contribution in [0.5, 0.6) is 11.5 Å². The number of rotatable bonds is 10. The highest BCUT2D eigenvalue weighted by Crippen LogP contribution is 2.43. The Kier molecular flexibility index (Phi) is 7.36. The van der Waals surface area contributed by atoms with Gasteiger partial charge >= 0.3 is 0 Å². The van der Waals surface area contributed by atoms with Gasteiger partial charge in [-0.25, -0.2) is 0 Å². The molecule has 0 aliphatic carbocycles. The van der Waals surface area contributed by atoms with Gasteiger partial charge in [0.25, 0.3) is 0 Å².